The Balaban J connectivity index is 2.19. The van der Waals surface area contributed by atoms with Gasteiger partial charge in [-0.15, -0.1) is 0 Å². The fraction of sp³-hybridized carbons (Fsp3) is 0.692. The SMILES string of the molecule is CCC1COCCN1c1ncc(CNC)c(C)n1. The van der Waals surface area contributed by atoms with Crippen molar-refractivity contribution in [3.05, 3.63) is 17.5 Å². The smallest absolute Gasteiger partial charge is 0.225 e. The molecule has 1 atom stereocenters. The van der Waals surface area contributed by atoms with E-state index in [-0.39, 0.29) is 0 Å². The summed E-state index contributed by atoms with van der Waals surface area (Å²) in [6.45, 7) is 7.44. The summed E-state index contributed by atoms with van der Waals surface area (Å²) in [5.74, 6) is 0.836. The molecule has 2 heterocycles. The van der Waals surface area contributed by atoms with Crippen molar-refractivity contribution in [2.45, 2.75) is 32.9 Å². The fourth-order valence-corrected chi connectivity index (χ4v) is 2.24. The minimum absolute atomic E-state index is 0.397. The predicted octanol–water partition coefficient (Wildman–Crippen LogP) is 1.12. The molecule has 1 saturated heterocycles. The van der Waals surface area contributed by atoms with E-state index in [1.165, 1.54) is 0 Å². The second kappa shape index (κ2) is 6.11. The van der Waals surface area contributed by atoms with Gasteiger partial charge in [-0.3, -0.25) is 0 Å². The van der Waals surface area contributed by atoms with Gasteiger partial charge in [0.05, 0.1) is 19.3 Å². The zero-order chi connectivity index (χ0) is 13.0. The highest BCUT2D eigenvalue weighted by atomic mass is 16.5. The van der Waals surface area contributed by atoms with Gasteiger partial charge in [-0.05, 0) is 20.4 Å². The van der Waals surface area contributed by atoms with Gasteiger partial charge in [0.1, 0.15) is 0 Å². The van der Waals surface area contributed by atoms with Crippen LogP contribution in [-0.4, -0.2) is 42.8 Å². The van der Waals surface area contributed by atoms with Gasteiger partial charge >= 0.3 is 0 Å². The highest BCUT2D eigenvalue weighted by Crippen LogP contribution is 2.18. The molecular weight excluding hydrogens is 228 g/mol. The lowest BCUT2D eigenvalue weighted by atomic mass is 10.2. The van der Waals surface area contributed by atoms with E-state index < -0.39 is 0 Å². The molecule has 0 aliphatic carbocycles. The Kier molecular flexibility index (Phi) is 4.49. The number of aromatic nitrogens is 2. The van der Waals surface area contributed by atoms with Crippen LogP contribution in [0.1, 0.15) is 24.6 Å². The van der Waals surface area contributed by atoms with Crippen LogP contribution in [0.4, 0.5) is 5.95 Å². The van der Waals surface area contributed by atoms with Gasteiger partial charge in [0, 0.05) is 30.5 Å². The minimum atomic E-state index is 0.397. The van der Waals surface area contributed by atoms with Crippen LogP contribution in [0.3, 0.4) is 0 Å². The Morgan fingerprint density at radius 3 is 3.06 bits per heavy atom. The summed E-state index contributed by atoms with van der Waals surface area (Å²) in [6.07, 6.45) is 2.98. The molecule has 2 rings (SSSR count). The Bertz CT molecular complexity index is 397. The minimum Gasteiger partial charge on any atom is -0.377 e. The largest absolute Gasteiger partial charge is 0.377 e. The lowest BCUT2D eigenvalue weighted by molar-refractivity contribution is 0.0921. The zero-order valence-corrected chi connectivity index (χ0v) is 11.4. The number of nitrogens with zero attached hydrogens (tertiary/aromatic N) is 3. The van der Waals surface area contributed by atoms with E-state index in [0.29, 0.717) is 6.04 Å². The second-order valence-corrected chi connectivity index (χ2v) is 4.64. The molecule has 1 aromatic heterocycles. The van der Waals surface area contributed by atoms with Crippen LogP contribution in [0.5, 0.6) is 0 Å². The van der Waals surface area contributed by atoms with E-state index in [4.69, 9.17) is 4.74 Å². The Labute approximate surface area is 109 Å². The van der Waals surface area contributed by atoms with E-state index >= 15 is 0 Å². The first-order valence-corrected chi connectivity index (χ1v) is 6.57. The molecule has 1 aliphatic heterocycles. The highest BCUT2D eigenvalue weighted by molar-refractivity contribution is 5.35. The van der Waals surface area contributed by atoms with Gasteiger partial charge in [-0.1, -0.05) is 6.92 Å². The van der Waals surface area contributed by atoms with Crippen molar-refractivity contribution in [2.75, 3.05) is 31.7 Å². The Morgan fingerprint density at radius 1 is 1.56 bits per heavy atom. The van der Waals surface area contributed by atoms with E-state index in [0.717, 1.165) is 49.9 Å². The number of anilines is 1. The summed E-state index contributed by atoms with van der Waals surface area (Å²) in [6, 6.07) is 0.397. The van der Waals surface area contributed by atoms with Crippen molar-refractivity contribution in [1.29, 1.82) is 0 Å². The molecule has 0 radical (unpaired) electrons. The van der Waals surface area contributed by atoms with Crippen LogP contribution in [0.2, 0.25) is 0 Å². The second-order valence-electron chi connectivity index (χ2n) is 4.64. The van der Waals surface area contributed by atoms with Gasteiger partial charge in [-0.25, -0.2) is 9.97 Å². The molecular formula is C13H22N4O. The number of nitrogens with one attached hydrogen (secondary N) is 1. The number of ether oxygens (including phenoxy) is 1. The summed E-state index contributed by atoms with van der Waals surface area (Å²) in [5, 5.41) is 3.13. The van der Waals surface area contributed by atoms with Gasteiger partial charge in [0.2, 0.25) is 5.95 Å². The van der Waals surface area contributed by atoms with Crippen LogP contribution < -0.4 is 10.2 Å². The van der Waals surface area contributed by atoms with Gasteiger partial charge in [0.25, 0.3) is 0 Å². The molecule has 1 fully saturated rings. The normalized spacial score (nSPS) is 20.2. The standard InChI is InChI=1S/C13H22N4O/c1-4-12-9-18-6-5-17(12)13-15-8-11(7-14-3)10(2)16-13/h8,12,14H,4-7,9H2,1-3H3. The molecule has 0 spiro atoms. The van der Waals surface area contributed by atoms with Crippen molar-refractivity contribution < 1.29 is 4.74 Å². The summed E-state index contributed by atoms with van der Waals surface area (Å²) in [7, 11) is 1.93. The lowest BCUT2D eigenvalue weighted by Crippen LogP contribution is -2.46. The van der Waals surface area contributed by atoms with Crippen molar-refractivity contribution in [3.63, 3.8) is 0 Å². The van der Waals surface area contributed by atoms with E-state index in [9.17, 15) is 0 Å². The third-order valence-electron chi connectivity index (χ3n) is 3.39. The molecule has 1 N–H and O–H groups in total. The summed E-state index contributed by atoms with van der Waals surface area (Å²) >= 11 is 0. The fourth-order valence-electron chi connectivity index (χ4n) is 2.24. The molecule has 1 aliphatic rings. The Morgan fingerprint density at radius 2 is 2.39 bits per heavy atom. The first-order chi connectivity index (χ1) is 8.76. The molecule has 0 saturated carbocycles. The molecule has 1 unspecified atom stereocenters. The molecule has 0 amide bonds. The number of hydrogen-bond acceptors (Lipinski definition) is 5. The van der Waals surface area contributed by atoms with Crippen LogP contribution in [0.15, 0.2) is 6.20 Å². The summed E-state index contributed by atoms with van der Waals surface area (Å²) in [4.78, 5) is 11.4. The van der Waals surface area contributed by atoms with Gasteiger partial charge in [-0.2, -0.15) is 0 Å². The van der Waals surface area contributed by atoms with Gasteiger partial charge in [0.15, 0.2) is 0 Å². The molecule has 100 valence electrons. The maximum atomic E-state index is 5.51. The maximum absolute atomic E-state index is 5.51. The van der Waals surface area contributed by atoms with Crippen molar-refractivity contribution in [3.8, 4) is 0 Å². The summed E-state index contributed by atoms with van der Waals surface area (Å²) in [5.41, 5.74) is 2.21. The van der Waals surface area contributed by atoms with Crippen molar-refractivity contribution in [1.82, 2.24) is 15.3 Å². The maximum Gasteiger partial charge on any atom is 0.225 e. The van der Waals surface area contributed by atoms with Crippen molar-refractivity contribution in [2.24, 2.45) is 0 Å². The molecule has 5 nitrogen and oxygen atoms in total. The summed E-state index contributed by atoms with van der Waals surface area (Å²) < 4.78 is 5.51. The van der Waals surface area contributed by atoms with E-state index in [2.05, 4.69) is 27.1 Å². The number of morpholine rings is 1. The highest BCUT2D eigenvalue weighted by Gasteiger charge is 2.23. The van der Waals surface area contributed by atoms with Crippen LogP contribution in [0, 0.1) is 6.92 Å². The van der Waals surface area contributed by atoms with Gasteiger partial charge < -0.3 is 15.0 Å². The first kappa shape index (κ1) is 13.2. The number of aryl methyl sites for hydroxylation is 1. The average Bonchev–Trinajstić information content (AvgIpc) is 2.41. The van der Waals surface area contributed by atoms with E-state index in [1.807, 2.05) is 20.2 Å². The lowest BCUT2D eigenvalue weighted by Gasteiger charge is -2.35. The molecule has 0 aromatic carbocycles. The van der Waals surface area contributed by atoms with Crippen LogP contribution >= 0.6 is 0 Å². The molecule has 18 heavy (non-hydrogen) atoms. The third-order valence-corrected chi connectivity index (χ3v) is 3.39. The number of hydrogen-bond donors (Lipinski definition) is 1. The number of rotatable bonds is 4. The topological polar surface area (TPSA) is 50.3 Å². The molecule has 0 bridgehead atoms. The average molecular weight is 250 g/mol. The van der Waals surface area contributed by atoms with E-state index in [1.54, 1.807) is 0 Å². The molecule has 5 heteroatoms. The molecule has 1 aromatic rings. The Hall–Kier alpha value is -1.20. The zero-order valence-electron chi connectivity index (χ0n) is 11.4. The van der Waals surface area contributed by atoms with Crippen molar-refractivity contribution >= 4 is 5.95 Å². The predicted molar refractivity (Wildman–Crippen MR) is 71.8 cm³/mol. The van der Waals surface area contributed by atoms with Crippen LogP contribution in [-0.2, 0) is 11.3 Å². The third kappa shape index (κ3) is 2.79. The quantitative estimate of drug-likeness (QED) is 0.868. The first-order valence-electron chi connectivity index (χ1n) is 6.57. The van der Waals surface area contributed by atoms with Crippen LogP contribution in [0.25, 0.3) is 0 Å². The monoisotopic (exact) mass is 250 g/mol.